The van der Waals surface area contributed by atoms with E-state index in [2.05, 4.69) is 21.9 Å². The Morgan fingerprint density at radius 3 is 3.00 bits per heavy atom. The van der Waals surface area contributed by atoms with Crippen molar-refractivity contribution in [3.63, 3.8) is 0 Å². The fraction of sp³-hybridized carbons (Fsp3) is 0.300. The van der Waals surface area contributed by atoms with Crippen LogP contribution in [0.2, 0.25) is 0 Å². The van der Waals surface area contributed by atoms with Crippen molar-refractivity contribution in [1.29, 1.82) is 0 Å². The van der Waals surface area contributed by atoms with Crippen LogP contribution in [-0.2, 0) is 6.42 Å². The second-order valence-electron chi connectivity index (χ2n) is 3.27. The summed E-state index contributed by atoms with van der Waals surface area (Å²) < 4.78 is 1.90. The topological polar surface area (TPSA) is 69.6 Å². The molecule has 2 rings (SSSR count). The summed E-state index contributed by atoms with van der Waals surface area (Å²) in [5.41, 5.74) is 6.37. The van der Waals surface area contributed by atoms with Gasteiger partial charge in [0.05, 0.1) is 11.9 Å². The van der Waals surface area contributed by atoms with Gasteiger partial charge in [-0.15, -0.1) is 0 Å². The minimum absolute atomic E-state index is 0.563. The van der Waals surface area contributed by atoms with E-state index in [1.54, 1.807) is 12.4 Å². The molecule has 2 heterocycles. The lowest BCUT2D eigenvalue weighted by atomic mass is 10.3. The Bertz CT molecular complexity index is 449. The van der Waals surface area contributed by atoms with Gasteiger partial charge < -0.3 is 5.73 Å². The van der Waals surface area contributed by atoms with E-state index in [-0.39, 0.29) is 0 Å². The van der Waals surface area contributed by atoms with Crippen LogP contribution in [0.5, 0.6) is 0 Å². The molecular formula is C10H13N5. The van der Waals surface area contributed by atoms with Gasteiger partial charge in [-0.25, -0.2) is 15.0 Å². The lowest BCUT2D eigenvalue weighted by Crippen LogP contribution is -2.06. The fourth-order valence-electron chi connectivity index (χ4n) is 1.47. The Hall–Kier alpha value is -1.91. The van der Waals surface area contributed by atoms with Gasteiger partial charge in [0.2, 0.25) is 0 Å². The van der Waals surface area contributed by atoms with Gasteiger partial charge in [0, 0.05) is 18.8 Å². The van der Waals surface area contributed by atoms with E-state index in [9.17, 15) is 0 Å². The normalized spacial score (nSPS) is 10.5. The maximum atomic E-state index is 5.80. The van der Waals surface area contributed by atoms with Crippen molar-refractivity contribution in [3.05, 3.63) is 30.7 Å². The molecule has 0 aliphatic heterocycles. The van der Waals surface area contributed by atoms with Crippen LogP contribution >= 0.6 is 0 Å². The number of nitrogens with zero attached hydrogens (tertiary/aromatic N) is 4. The second-order valence-corrected chi connectivity index (χ2v) is 3.27. The number of aromatic nitrogens is 4. The number of anilines is 1. The number of rotatable bonds is 3. The number of nitrogens with two attached hydrogens (primary N) is 1. The monoisotopic (exact) mass is 203 g/mol. The fourth-order valence-corrected chi connectivity index (χ4v) is 1.47. The molecule has 0 amide bonds. The highest BCUT2D eigenvalue weighted by molar-refractivity contribution is 5.51. The minimum atomic E-state index is 0.563. The largest absolute Gasteiger partial charge is 0.394 e. The summed E-state index contributed by atoms with van der Waals surface area (Å²) in [5.74, 6) is 1.67. The summed E-state index contributed by atoms with van der Waals surface area (Å²) in [6, 6.07) is 0. The van der Waals surface area contributed by atoms with E-state index in [0.29, 0.717) is 11.5 Å². The van der Waals surface area contributed by atoms with Crippen molar-refractivity contribution in [2.24, 2.45) is 0 Å². The molecule has 0 atom stereocenters. The molecule has 2 N–H and O–H groups in total. The van der Waals surface area contributed by atoms with E-state index in [1.807, 2.05) is 10.8 Å². The first-order valence-corrected chi connectivity index (χ1v) is 4.91. The van der Waals surface area contributed by atoms with E-state index < -0.39 is 0 Å². The molecule has 15 heavy (non-hydrogen) atoms. The summed E-state index contributed by atoms with van der Waals surface area (Å²) in [6.45, 7) is 2.11. The van der Waals surface area contributed by atoms with Crippen LogP contribution in [0.15, 0.2) is 24.9 Å². The summed E-state index contributed by atoms with van der Waals surface area (Å²) >= 11 is 0. The SMILES string of the molecule is CCCc1nccn1-c1ncncc1N. The molecule has 0 aliphatic rings. The van der Waals surface area contributed by atoms with Gasteiger partial charge in [-0.05, 0) is 6.42 Å². The number of aryl methyl sites for hydroxylation is 1. The molecule has 5 nitrogen and oxygen atoms in total. The van der Waals surface area contributed by atoms with Crippen molar-refractivity contribution in [1.82, 2.24) is 19.5 Å². The maximum absolute atomic E-state index is 5.80. The van der Waals surface area contributed by atoms with Crippen LogP contribution in [0.25, 0.3) is 5.82 Å². The van der Waals surface area contributed by atoms with E-state index in [0.717, 1.165) is 18.7 Å². The predicted molar refractivity (Wildman–Crippen MR) is 57.6 cm³/mol. The van der Waals surface area contributed by atoms with Crippen molar-refractivity contribution >= 4 is 5.69 Å². The average molecular weight is 203 g/mol. The zero-order valence-electron chi connectivity index (χ0n) is 8.59. The van der Waals surface area contributed by atoms with E-state index in [1.165, 1.54) is 6.33 Å². The smallest absolute Gasteiger partial charge is 0.164 e. The van der Waals surface area contributed by atoms with E-state index >= 15 is 0 Å². The van der Waals surface area contributed by atoms with Gasteiger partial charge in [0.25, 0.3) is 0 Å². The standard InChI is InChI=1S/C10H13N5/c1-2-3-9-13-4-5-15(9)10-8(11)6-12-7-14-10/h4-7H,2-3,11H2,1H3. The number of imidazole rings is 1. The molecule has 0 fully saturated rings. The number of nitrogen functional groups attached to an aromatic ring is 1. The van der Waals surface area contributed by atoms with Crippen LogP contribution < -0.4 is 5.73 Å². The molecular weight excluding hydrogens is 190 g/mol. The van der Waals surface area contributed by atoms with Gasteiger partial charge in [0.15, 0.2) is 5.82 Å². The molecule has 0 aromatic carbocycles. The first-order chi connectivity index (χ1) is 7.33. The Labute approximate surface area is 88.0 Å². The van der Waals surface area contributed by atoms with Crippen LogP contribution in [0.3, 0.4) is 0 Å². The molecule has 0 spiro atoms. The predicted octanol–water partition coefficient (Wildman–Crippen LogP) is 1.20. The Morgan fingerprint density at radius 2 is 2.27 bits per heavy atom. The molecule has 0 radical (unpaired) electrons. The first-order valence-electron chi connectivity index (χ1n) is 4.91. The van der Waals surface area contributed by atoms with Gasteiger partial charge in [-0.1, -0.05) is 6.92 Å². The molecule has 2 aromatic heterocycles. The summed E-state index contributed by atoms with van der Waals surface area (Å²) in [5, 5.41) is 0. The third-order valence-corrected chi connectivity index (χ3v) is 2.14. The summed E-state index contributed by atoms with van der Waals surface area (Å²) in [7, 11) is 0. The van der Waals surface area contributed by atoms with Crippen molar-refractivity contribution in [2.45, 2.75) is 19.8 Å². The third kappa shape index (κ3) is 1.81. The van der Waals surface area contributed by atoms with Crippen molar-refractivity contribution in [3.8, 4) is 5.82 Å². The van der Waals surface area contributed by atoms with Crippen molar-refractivity contribution in [2.75, 3.05) is 5.73 Å². The van der Waals surface area contributed by atoms with Gasteiger partial charge in [-0.3, -0.25) is 4.57 Å². The number of hydrogen-bond acceptors (Lipinski definition) is 4. The van der Waals surface area contributed by atoms with Crippen LogP contribution in [-0.4, -0.2) is 19.5 Å². The Morgan fingerprint density at radius 1 is 1.40 bits per heavy atom. The molecule has 0 saturated heterocycles. The summed E-state index contributed by atoms with van der Waals surface area (Å²) in [6.07, 6.45) is 8.66. The van der Waals surface area contributed by atoms with Gasteiger partial charge in [0.1, 0.15) is 12.2 Å². The number of hydrogen-bond donors (Lipinski definition) is 1. The quantitative estimate of drug-likeness (QED) is 0.813. The maximum Gasteiger partial charge on any atom is 0.164 e. The highest BCUT2D eigenvalue weighted by Gasteiger charge is 2.07. The van der Waals surface area contributed by atoms with Gasteiger partial charge in [-0.2, -0.15) is 0 Å². The highest BCUT2D eigenvalue weighted by atomic mass is 15.1. The molecule has 0 saturated carbocycles. The van der Waals surface area contributed by atoms with Crippen LogP contribution in [0, 0.1) is 0 Å². The minimum Gasteiger partial charge on any atom is -0.394 e. The molecule has 78 valence electrons. The van der Waals surface area contributed by atoms with Crippen molar-refractivity contribution < 1.29 is 0 Å². The second kappa shape index (κ2) is 4.08. The first kappa shape index (κ1) is 9.64. The summed E-state index contributed by atoms with van der Waals surface area (Å²) in [4.78, 5) is 12.3. The van der Waals surface area contributed by atoms with E-state index in [4.69, 9.17) is 5.73 Å². The molecule has 0 aliphatic carbocycles. The average Bonchev–Trinajstić information content (AvgIpc) is 2.67. The third-order valence-electron chi connectivity index (χ3n) is 2.14. The zero-order chi connectivity index (χ0) is 10.7. The molecule has 5 heteroatoms. The molecule has 0 unspecified atom stereocenters. The van der Waals surface area contributed by atoms with Crippen LogP contribution in [0.1, 0.15) is 19.2 Å². The highest BCUT2D eigenvalue weighted by Crippen LogP contribution is 2.14. The Balaban J connectivity index is 2.45. The lowest BCUT2D eigenvalue weighted by Gasteiger charge is -2.07. The Kier molecular flexibility index (Phi) is 2.62. The zero-order valence-corrected chi connectivity index (χ0v) is 8.59. The molecule has 0 bridgehead atoms. The lowest BCUT2D eigenvalue weighted by molar-refractivity contribution is 0.797. The molecule has 2 aromatic rings. The van der Waals surface area contributed by atoms with Crippen LogP contribution in [0.4, 0.5) is 5.69 Å². The van der Waals surface area contributed by atoms with Gasteiger partial charge >= 0.3 is 0 Å².